The van der Waals surface area contributed by atoms with Crippen molar-refractivity contribution in [2.75, 3.05) is 17.7 Å². The predicted molar refractivity (Wildman–Crippen MR) is 136 cm³/mol. The fourth-order valence-electron chi connectivity index (χ4n) is 3.77. The lowest BCUT2D eigenvalue weighted by Crippen LogP contribution is -2.47. The van der Waals surface area contributed by atoms with Crippen molar-refractivity contribution in [3.05, 3.63) is 54.2 Å². The maximum absolute atomic E-state index is 13.4. The quantitative estimate of drug-likeness (QED) is 0.469. The first-order valence-corrected chi connectivity index (χ1v) is 11.3. The molecule has 9 heteroatoms. The molecule has 0 aliphatic rings. The van der Waals surface area contributed by atoms with Crippen LogP contribution in [0.4, 0.5) is 16.2 Å². The molecule has 3 aromatic rings. The first kappa shape index (κ1) is 25.6. The zero-order valence-electron chi connectivity index (χ0n) is 20.9. The number of hydrogen-bond donors (Lipinski definition) is 3. The number of aromatic nitrogens is 1. The summed E-state index contributed by atoms with van der Waals surface area (Å²) in [6.07, 6.45) is 1.48. The fraction of sp³-hybridized carbons (Fsp3) is 0.346. The van der Waals surface area contributed by atoms with Crippen LogP contribution in [0.1, 0.15) is 33.3 Å². The van der Waals surface area contributed by atoms with E-state index in [-0.39, 0.29) is 12.3 Å². The zero-order chi connectivity index (χ0) is 25.8. The molecular formula is C26H32N4O5. The highest BCUT2D eigenvalue weighted by Gasteiger charge is 2.27. The lowest BCUT2D eigenvalue weighted by atomic mass is 10.0. The topological polar surface area (TPSA) is 111 Å². The van der Waals surface area contributed by atoms with Gasteiger partial charge in [-0.2, -0.15) is 0 Å². The molecule has 3 amide bonds. The summed E-state index contributed by atoms with van der Waals surface area (Å²) >= 11 is 0. The number of anilines is 2. The highest BCUT2D eigenvalue weighted by atomic mass is 16.6. The number of carbonyl (C=O) groups is 3. The zero-order valence-corrected chi connectivity index (χ0v) is 20.9. The summed E-state index contributed by atoms with van der Waals surface area (Å²) in [6.45, 7) is 6.66. The molecule has 35 heavy (non-hydrogen) atoms. The summed E-state index contributed by atoms with van der Waals surface area (Å²) in [5.41, 5.74) is 2.05. The maximum Gasteiger partial charge on any atom is 0.408 e. The Kier molecular flexibility index (Phi) is 7.68. The third-order valence-corrected chi connectivity index (χ3v) is 5.19. The SMILES string of the molecule is COc1ccc(NC(C)=O)cc1NC(=O)[C@H](Cc1cn(C)c2ccccc12)NC(=O)OC(C)(C)C. The number of methoxy groups -OCH3 is 1. The van der Waals surface area contributed by atoms with E-state index in [0.29, 0.717) is 17.1 Å². The lowest BCUT2D eigenvalue weighted by Gasteiger charge is -2.23. The molecule has 3 rings (SSSR count). The van der Waals surface area contributed by atoms with Crippen molar-refractivity contribution in [2.45, 2.75) is 45.8 Å². The van der Waals surface area contributed by atoms with E-state index in [4.69, 9.17) is 9.47 Å². The van der Waals surface area contributed by atoms with Crippen molar-refractivity contribution in [3.8, 4) is 5.75 Å². The average Bonchev–Trinajstić information content (AvgIpc) is 3.07. The predicted octanol–water partition coefficient (Wildman–Crippen LogP) is 4.22. The summed E-state index contributed by atoms with van der Waals surface area (Å²) in [6, 6.07) is 11.8. The second kappa shape index (κ2) is 10.5. The number of nitrogens with one attached hydrogen (secondary N) is 3. The molecule has 3 N–H and O–H groups in total. The van der Waals surface area contributed by atoms with Gasteiger partial charge in [-0.1, -0.05) is 18.2 Å². The maximum atomic E-state index is 13.4. The molecule has 1 heterocycles. The Bertz CT molecular complexity index is 1240. The molecule has 1 atom stereocenters. The standard InChI is InChI=1S/C26H32N4O5/c1-16(31)27-18-11-12-23(34-6)20(14-18)28-24(32)21(29-25(33)35-26(2,3)4)13-17-15-30(5)22-10-8-7-9-19(17)22/h7-12,14-15,21H,13H2,1-6H3,(H,27,31)(H,28,32)(H,29,33)/t21-/m0/s1. The van der Waals surface area contributed by atoms with Crippen LogP contribution in [0, 0.1) is 0 Å². The van der Waals surface area contributed by atoms with Crippen LogP contribution in [0.15, 0.2) is 48.7 Å². The summed E-state index contributed by atoms with van der Waals surface area (Å²) in [5.74, 6) is -0.288. The molecule has 0 bridgehead atoms. The largest absolute Gasteiger partial charge is 0.495 e. The summed E-state index contributed by atoms with van der Waals surface area (Å²) in [7, 11) is 3.41. The molecule has 0 unspecified atom stereocenters. The van der Waals surface area contributed by atoms with Crippen LogP contribution in [0.2, 0.25) is 0 Å². The minimum Gasteiger partial charge on any atom is -0.495 e. The van der Waals surface area contributed by atoms with Gasteiger partial charge in [-0.3, -0.25) is 9.59 Å². The number of fused-ring (bicyclic) bond motifs is 1. The minimum atomic E-state index is -0.940. The van der Waals surface area contributed by atoms with E-state index in [2.05, 4.69) is 16.0 Å². The number of aryl methyl sites for hydroxylation is 1. The fourth-order valence-corrected chi connectivity index (χ4v) is 3.77. The van der Waals surface area contributed by atoms with E-state index >= 15 is 0 Å². The van der Waals surface area contributed by atoms with Crippen LogP contribution in [0.5, 0.6) is 5.75 Å². The molecule has 0 radical (unpaired) electrons. The highest BCUT2D eigenvalue weighted by Crippen LogP contribution is 2.29. The number of rotatable bonds is 7. The third kappa shape index (κ3) is 6.75. The monoisotopic (exact) mass is 480 g/mol. The molecule has 0 spiro atoms. The molecule has 0 fully saturated rings. The van der Waals surface area contributed by atoms with Crippen molar-refractivity contribution in [3.63, 3.8) is 0 Å². The first-order chi connectivity index (χ1) is 16.5. The molecule has 0 saturated heterocycles. The number of benzene rings is 2. The second-order valence-corrected chi connectivity index (χ2v) is 9.27. The average molecular weight is 481 g/mol. The van der Waals surface area contributed by atoms with Gasteiger partial charge in [0.1, 0.15) is 17.4 Å². The Labute approximate surface area is 204 Å². The molecule has 2 aromatic carbocycles. The van der Waals surface area contributed by atoms with Gasteiger partial charge in [-0.05, 0) is 50.6 Å². The van der Waals surface area contributed by atoms with Gasteiger partial charge in [0.25, 0.3) is 0 Å². The van der Waals surface area contributed by atoms with Crippen molar-refractivity contribution >= 4 is 40.2 Å². The van der Waals surface area contributed by atoms with Gasteiger partial charge in [0.2, 0.25) is 11.8 Å². The van der Waals surface area contributed by atoms with E-state index in [0.717, 1.165) is 16.5 Å². The van der Waals surface area contributed by atoms with Crippen molar-refractivity contribution < 1.29 is 23.9 Å². The Hall–Kier alpha value is -4.01. The smallest absolute Gasteiger partial charge is 0.408 e. The van der Waals surface area contributed by atoms with Gasteiger partial charge in [0.15, 0.2) is 0 Å². The normalized spacial score (nSPS) is 12.1. The van der Waals surface area contributed by atoms with E-state index in [1.807, 2.05) is 42.1 Å². The van der Waals surface area contributed by atoms with Crippen molar-refractivity contribution in [1.82, 2.24) is 9.88 Å². The van der Waals surface area contributed by atoms with Gasteiger partial charge in [-0.15, -0.1) is 0 Å². The Morgan fingerprint density at radius 2 is 1.77 bits per heavy atom. The van der Waals surface area contributed by atoms with Gasteiger partial charge in [0, 0.05) is 43.2 Å². The molecule has 0 aliphatic carbocycles. The highest BCUT2D eigenvalue weighted by molar-refractivity contribution is 5.99. The van der Waals surface area contributed by atoms with Gasteiger partial charge < -0.3 is 30.0 Å². The molecule has 1 aromatic heterocycles. The van der Waals surface area contributed by atoms with Gasteiger partial charge in [0.05, 0.1) is 12.8 Å². The Morgan fingerprint density at radius 3 is 2.43 bits per heavy atom. The number of para-hydroxylation sites is 1. The van der Waals surface area contributed by atoms with E-state index in [1.165, 1.54) is 14.0 Å². The van der Waals surface area contributed by atoms with Crippen LogP contribution in [-0.4, -0.2) is 41.2 Å². The van der Waals surface area contributed by atoms with E-state index in [1.54, 1.807) is 39.0 Å². The number of nitrogens with zero attached hydrogens (tertiary/aromatic N) is 1. The molecular weight excluding hydrogens is 448 g/mol. The van der Waals surface area contributed by atoms with Crippen LogP contribution in [-0.2, 0) is 27.8 Å². The van der Waals surface area contributed by atoms with Crippen LogP contribution < -0.4 is 20.7 Å². The molecule has 186 valence electrons. The summed E-state index contributed by atoms with van der Waals surface area (Å²) in [5, 5.41) is 9.20. The van der Waals surface area contributed by atoms with Crippen molar-refractivity contribution in [1.29, 1.82) is 0 Å². The number of alkyl carbamates (subject to hydrolysis) is 1. The Morgan fingerprint density at radius 1 is 1.06 bits per heavy atom. The van der Waals surface area contributed by atoms with Gasteiger partial charge in [-0.25, -0.2) is 4.79 Å². The number of carbonyl (C=O) groups excluding carboxylic acids is 3. The van der Waals surface area contributed by atoms with Crippen LogP contribution in [0.3, 0.4) is 0 Å². The minimum absolute atomic E-state index is 0.236. The van der Waals surface area contributed by atoms with E-state index in [9.17, 15) is 14.4 Å². The molecule has 0 aliphatic heterocycles. The molecule has 0 saturated carbocycles. The number of hydrogen-bond acceptors (Lipinski definition) is 5. The Balaban J connectivity index is 1.91. The number of amides is 3. The second-order valence-electron chi connectivity index (χ2n) is 9.27. The molecule has 9 nitrogen and oxygen atoms in total. The van der Waals surface area contributed by atoms with Crippen molar-refractivity contribution in [2.24, 2.45) is 7.05 Å². The summed E-state index contributed by atoms with van der Waals surface area (Å²) in [4.78, 5) is 37.5. The number of ether oxygens (including phenoxy) is 2. The van der Waals surface area contributed by atoms with E-state index < -0.39 is 23.6 Å². The van der Waals surface area contributed by atoms with Crippen LogP contribution in [0.25, 0.3) is 10.9 Å². The first-order valence-electron chi connectivity index (χ1n) is 11.3. The van der Waals surface area contributed by atoms with Gasteiger partial charge >= 0.3 is 6.09 Å². The third-order valence-electron chi connectivity index (χ3n) is 5.19. The van der Waals surface area contributed by atoms with Crippen LogP contribution >= 0.6 is 0 Å². The summed E-state index contributed by atoms with van der Waals surface area (Å²) < 4.78 is 12.7. The lowest BCUT2D eigenvalue weighted by molar-refractivity contribution is -0.118.